The molecule has 1 aliphatic rings. The number of carbonyl (C=O) groups is 1. The van der Waals surface area contributed by atoms with Crippen LogP contribution < -0.4 is 0 Å². The van der Waals surface area contributed by atoms with Crippen molar-refractivity contribution >= 4 is 5.97 Å². The smallest absolute Gasteiger partial charge is 0.356 e. The Kier molecular flexibility index (Phi) is 2.95. The van der Waals surface area contributed by atoms with Crippen molar-refractivity contribution in [3.63, 3.8) is 0 Å². The van der Waals surface area contributed by atoms with Gasteiger partial charge in [-0.3, -0.25) is 4.68 Å². The summed E-state index contributed by atoms with van der Waals surface area (Å²) in [6, 6.07) is 1.71. The second-order valence-corrected chi connectivity index (χ2v) is 5.25. The predicted molar refractivity (Wildman–Crippen MR) is 64.3 cm³/mol. The number of hydrogen-bond donors (Lipinski definition) is 1. The van der Waals surface area contributed by atoms with Gasteiger partial charge in [-0.25, -0.2) is 4.79 Å². The lowest BCUT2D eigenvalue weighted by atomic mass is 9.79. The van der Waals surface area contributed by atoms with Gasteiger partial charge in [0.25, 0.3) is 0 Å². The van der Waals surface area contributed by atoms with E-state index in [1.807, 2.05) is 7.05 Å². The number of hydrogen-bond acceptors (Lipinski definition) is 3. The summed E-state index contributed by atoms with van der Waals surface area (Å²) in [6.45, 7) is 4.25. The fourth-order valence-corrected chi connectivity index (χ4v) is 2.84. The van der Waals surface area contributed by atoms with Gasteiger partial charge in [-0.1, -0.05) is 6.92 Å². The molecule has 0 radical (unpaired) electrons. The van der Waals surface area contributed by atoms with Crippen molar-refractivity contribution < 1.29 is 9.90 Å². The molecule has 0 amide bonds. The molecule has 0 saturated carbocycles. The quantitative estimate of drug-likeness (QED) is 0.837. The molecule has 17 heavy (non-hydrogen) atoms. The van der Waals surface area contributed by atoms with Gasteiger partial charge in [0.2, 0.25) is 0 Å². The molecule has 1 N–H and O–H groups in total. The number of nitrogens with zero attached hydrogens (tertiary/aromatic N) is 3. The summed E-state index contributed by atoms with van der Waals surface area (Å²) in [4.78, 5) is 13.2. The second-order valence-electron chi connectivity index (χ2n) is 5.25. The second kappa shape index (κ2) is 4.14. The molecule has 1 aromatic heterocycles. The van der Waals surface area contributed by atoms with Crippen LogP contribution in [0, 0.1) is 0 Å². The van der Waals surface area contributed by atoms with E-state index in [9.17, 15) is 4.79 Å². The van der Waals surface area contributed by atoms with Crippen LogP contribution in [0.4, 0.5) is 0 Å². The zero-order valence-electron chi connectivity index (χ0n) is 10.6. The summed E-state index contributed by atoms with van der Waals surface area (Å²) >= 11 is 0. The van der Waals surface area contributed by atoms with E-state index in [2.05, 4.69) is 24.0 Å². The number of piperidine rings is 1. The molecule has 2 heterocycles. The monoisotopic (exact) mass is 237 g/mol. The predicted octanol–water partition coefficient (Wildman–Crippen LogP) is 1.10. The first-order chi connectivity index (χ1) is 7.92. The summed E-state index contributed by atoms with van der Waals surface area (Å²) < 4.78 is 1.71. The van der Waals surface area contributed by atoms with Crippen LogP contribution in [-0.4, -0.2) is 45.9 Å². The van der Waals surface area contributed by atoms with Gasteiger partial charge in [-0.05, 0) is 32.5 Å². The average molecular weight is 237 g/mol. The van der Waals surface area contributed by atoms with E-state index in [1.165, 1.54) is 0 Å². The Bertz CT molecular complexity index is 441. The summed E-state index contributed by atoms with van der Waals surface area (Å²) in [6.07, 6.45) is 2.22. The topological polar surface area (TPSA) is 58.4 Å². The summed E-state index contributed by atoms with van der Waals surface area (Å²) in [5, 5.41) is 13.0. The lowest BCUT2D eigenvalue weighted by Gasteiger charge is -2.38. The van der Waals surface area contributed by atoms with Gasteiger partial charge in [-0.15, -0.1) is 0 Å². The molecule has 5 heteroatoms. The molecule has 0 bridgehead atoms. The molecule has 5 nitrogen and oxygen atoms in total. The number of aryl methyl sites for hydroxylation is 1. The van der Waals surface area contributed by atoms with Crippen LogP contribution in [0.2, 0.25) is 0 Å². The number of likely N-dealkylation sites (N-methyl/N-ethyl adjacent to an activating group) is 1. The van der Waals surface area contributed by atoms with Crippen molar-refractivity contribution in [2.45, 2.75) is 25.2 Å². The van der Waals surface area contributed by atoms with Gasteiger partial charge in [0.15, 0.2) is 5.69 Å². The van der Waals surface area contributed by atoms with Gasteiger partial charge >= 0.3 is 5.97 Å². The maximum Gasteiger partial charge on any atom is 0.356 e. The van der Waals surface area contributed by atoms with Crippen LogP contribution in [-0.2, 0) is 12.5 Å². The molecule has 2 rings (SSSR count). The van der Waals surface area contributed by atoms with Gasteiger partial charge in [0.05, 0.1) is 0 Å². The zero-order chi connectivity index (χ0) is 12.6. The van der Waals surface area contributed by atoms with Crippen LogP contribution in [0.1, 0.15) is 35.9 Å². The molecule has 0 aromatic carbocycles. The molecule has 94 valence electrons. The minimum Gasteiger partial charge on any atom is -0.476 e. The highest BCUT2D eigenvalue weighted by molar-refractivity contribution is 5.85. The summed E-state index contributed by atoms with van der Waals surface area (Å²) in [5.41, 5.74) is 1.15. The van der Waals surface area contributed by atoms with E-state index in [-0.39, 0.29) is 11.1 Å². The Morgan fingerprint density at radius 1 is 1.53 bits per heavy atom. The van der Waals surface area contributed by atoms with Gasteiger partial charge < -0.3 is 10.0 Å². The van der Waals surface area contributed by atoms with Crippen LogP contribution >= 0.6 is 0 Å². The average Bonchev–Trinajstić information content (AvgIpc) is 2.60. The van der Waals surface area contributed by atoms with Gasteiger partial charge in [0, 0.05) is 24.7 Å². The third-order valence-corrected chi connectivity index (χ3v) is 3.60. The van der Waals surface area contributed by atoms with Crippen LogP contribution in [0.15, 0.2) is 6.07 Å². The normalized spacial score (nSPS) is 26.1. The van der Waals surface area contributed by atoms with Gasteiger partial charge in [0.1, 0.15) is 0 Å². The van der Waals surface area contributed by atoms with Crippen molar-refractivity contribution in [3.05, 3.63) is 17.5 Å². The first kappa shape index (κ1) is 12.1. The highest BCUT2D eigenvalue weighted by Crippen LogP contribution is 2.33. The number of aromatic carboxylic acids is 1. The Morgan fingerprint density at radius 3 is 2.76 bits per heavy atom. The Balaban J connectivity index is 2.35. The van der Waals surface area contributed by atoms with Crippen LogP contribution in [0.5, 0.6) is 0 Å². The Morgan fingerprint density at radius 2 is 2.24 bits per heavy atom. The fraction of sp³-hybridized carbons (Fsp3) is 0.667. The highest BCUT2D eigenvalue weighted by Gasteiger charge is 2.34. The maximum atomic E-state index is 10.9. The first-order valence-corrected chi connectivity index (χ1v) is 5.89. The van der Waals surface area contributed by atoms with Crippen molar-refractivity contribution in [1.82, 2.24) is 14.7 Å². The zero-order valence-corrected chi connectivity index (χ0v) is 10.6. The number of carboxylic acids is 1. The summed E-state index contributed by atoms with van der Waals surface area (Å²) in [5.74, 6) is -0.959. The molecular weight excluding hydrogens is 218 g/mol. The molecule has 1 fully saturated rings. The number of carboxylic acid groups (broad SMARTS) is 1. The molecule has 0 spiro atoms. The highest BCUT2D eigenvalue weighted by atomic mass is 16.4. The van der Waals surface area contributed by atoms with Crippen LogP contribution in [0.25, 0.3) is 0 Å². The molecule has 1 unspecified atom stereocenters. The van der Waals surface area contributed by atoms with E-state index in [4.69, 9.17) is 5.11 Å². The van der Waals surface area contributed by atoms with E-state index >= 15 is 0 Å². The van der Waals surface area contributed by atoms with E-state index in [0.717, 1.165) is 31.6 Å². The third kappa shape index (κ3) is 2.20. The summed E-state index contributed by atoms with van der Waals surface area (Å²) in [7, 11) is 3.92. The minimum atomic E-state index is -0.959. The maximum absolute atomic E-state index is 10.9. The lowest BCUT2D eigenvalue weighted by Crippen LogP contribution is -2.43. The Labute approximate surface area is 101 Å². The first-order valence-electron chi connectivity index (χ1n) is 5.89. The molecule has 1 atom stereocenters. The lowest BCUT2D eigenvalue weighted by molar-refractivity contribution is 0.0689. The number of likely N-dealkylation sites (tertiary alicyclic amines) is 1. The van der Waals surface area contributed by atoms with Crippen molar-refractivity contribution in [3.8, 4) is 0 Å². The van der Waals surface area contributed by atoms with E-state index in [1.54, 1.807) is 10.7 Å². The van der Waals surface area contributed by atoms with Crippen LogP contribution in [0.3, 0.4) is 0 Å². The standard InChI is InChI=1S/C12H19N3O2/c1-12(5-4-6-14(2)8-12)10-7-9(11(16)17)13-15(10)3/h7H,4-6,8H2,1-3H3,(H,16,17). The molecule has 1 aromatic rings. The van der Waals surface area contributed by atoms with Crippen molar-refractivity contribution in [1.29, 1.82) is 0 Å². The fourth-order valence-electron chi connectivity index (χ4n) is 2.84. The van der Waals surface area contributed by atoms with E-state index < -0.39 is 5.97 Å². The molecule has 1 aliphatic heterocycles. The minimum absolute atomic E-state index is 0.00243. The van der Waals surface area contributed by atoms with Gasteiger partial charge in [-0.2, -0.15) is 5.10 Å². The largest absolute Gasteiger partial charge is 0.476 e. The number of rotatable bonds is 2. The molecule has 1 saturated heterocycles. The SMILES string of the molecule is CN1CCCC(C)(c2cc(C(=O)O)nn2C)C1. The molecule has 0 aliphatic carbocycles. The molecular formula is C12H19N3O2. The van der Waals surface area contributed by atoms with Crippen molar-refractivity contribution in [2.75, 3.05) is 20.1 Å². The number of aromatic nitrogens is 2. The van der Waals surface area contributed by atoms with E-state index in [0.29, 0.717) is 0 Å². The van der Waals surface area contributed by atoms with Crippen molar-refractivity contribution in [2.24, 2.45) is 7.05 Å². The third-order valence-electron chi connectivity index (χ3n) is 3.60. The Hall–Kier alpha value is -1.36.